The molecule has 0 spiro atoms. The van der Waals surface area contributed by atoms with Gasteiger partial charge in [-0.25, -0.2) is 0 Å². The molecule has 0 bridgehead atoms. The van der Waals surface area contributed by atoms with Crippen LogP contribution in [0.25, 0.3) is 0 Å². The van der Waals surface area contributed by atoms with Gasteiger partial charge in [0.1, 0.15) is 0 Å². The molecule has 0 unspecified atom stereocenters. The summed E-state index contributed by atoms with van der Waals surface area (Å²) in [4.78, 5) is 16.8. The Morgan fingerprint density at radius 2 is 1.70 bits per heavy atom. The van der Waals surface area contributed by atoms with Gasteiger partial charge >= 0.3 is 0 Å². The molecule has 2 aliphatic rings. The van der Waals surface area contributed by atoms with E-state index < -0.39 is 0 Å². The van der Waals surface area contributed by atoms with Gasteiger partial charge in [-0.15, -0.1) is 0 Å². The molecule has 3 rings (SSSR count). The van der Waals surface area contributed by atoms with Gasteiger partial charge in [0, 0.05) is 50.1 Å². The van der Waals surface area contributed by atoms with Crippen LogP contribution in [-0.4, -0.2) is 36.9 Å². The van der Waals surface area contributed by atoms with Crippen LogP contribution in [0.3, 0.4) is 0 Å². The summed E-state index contributed by atoms with van der Waals surface area (Å²) in [5, 5.41) is 0. The molecule has 20 heavy (non-hydrogen) atoms. The van der Waals surface area contributed by atoms with E-state index in [1.807, 2.05) is 6.07 Å². The number of hydrogen-bond donors (Lipinski definition) is 0. The average molecular weight is 270 g/mol. The summed E-state index contributed by atoms with van der Waals surface area (Å²) in [6, 6.07) is 10.4. The molecule has 1 aromatic carbocycles. The minimum absolute atomic E-state index is 0.322. The Labute approximate surface area is 120 Å². The first-order valence-electron chi connectivity index (χ1n) is 7.61. The standard InChI is InChI=1S/C17H22N2O/c20-17-9-12-19(16-7-3-1-4-8-16)14-15(17)13-18-10-5-2-6-11-18/h1,3-4,7-8,13H,2,5-6,9-12,14H2/b15-13-. The summed E-state index contributed by atoms with van der Waals surface area (Å²) in [6.07, 6.45) is 6.58. The number of piperidine rings is 2. The summed E-state index contributed by atoms with van der Waals surface area (Å²) in [6.45, 7) is 3.78. The molecule has 3 nitrogen and oxygen atoms in total. The molecule has 3 heteroatoms. The molecule has 0 N–H and O–H groups in total. The van der Waals surface area contributed by atoms with Gasteiger partial charge in [-0.1, -0.05) is 18.2 Å². The van der Waals surface area contributed by atoms with E-state index in [0.29, 0.717) is 12.2 Å². The number of benzene rings is 1. The lowest BCUT2D eigenvalue weighted by Gasteiger charge is -2.32. The van der Waals surface area contributed by atoms with Crippen molar-refractivity contribution in [1.82, 2.24) is 4.90 Å². The molecule has 0 atom stereocenters. The van der Waals surface area contributed by atoms with Crippen molar-refractivity contribution in [1.29, 1.82) is 0 Å². The Kier molecular flexibility index (Phi) is 4.05. The normalized spacial score (nSPS) is 22.4. The lowest BCUT2D eigenvalue weighted by Crippen LogP contribution is -2.37. The van der Waals surface area contributed by atoms with Crippen LogP contribution < -0.4 is 4.90 Å². The van der Waals surface area contributed by atoms with Gasteiger partial charge in [0.15, 0.2) is 5.78 Å². The predicted molar refractivity (Wildman–Crippen MR) is 81.8 cm³/mol. The van der Waals surface area contributed by atoms with Gasteiger partial charge in [-0.3, -0.25) is 4.79 Å². The van der Waals surface area contributed by atoms with Gasteiger partial charge in [-0.2, -0.15) is 0 Å². The molecule has 0 radical (unpaired) electrons. The Balaban J connectivity index is 1.73. The van der Waals surface area contributed by atoms with Crippen molar-refractivity contribution >= 4 is 11.5 Å². The first-order valence-corrected chi connectivity index (χ1v) is 7.61. The lowest BCUT2D eigenvalue weighted by atomic mass is 10.0. The number of nitrogens with zero attached hydrogens (tertiary/aromatic N) is 2. The van der Waals surface area contributed by atoms with E-state index in [9.17, 15) is 4.79 Å². The third-order valence-corrected chi connectivity index (χ3v) is 4.18. The van der Waals surface area contributed by atoms with Gasteiger partial charge in [0.25, 0.3) is 0 Å². The van der Waals surface area contributed by atoms with Gasteiger partial charge in [-0.05, 0) is 31.4 Å². The zero-order chi connectivity index (χ0) is 13.8. The number of Topliss-reactive ketones (excluding diaryl/α,β-unsaturated/α-hetero) is 1. The maximum atomic E-state index is 12.1. The second-order valence-corrected chi connectivity index (χ2v) is 5.68. The topological polar surface area (TPSA) is 23.6 Å². The molecule has 2 saturated heterocycles. The van der Waals surface area contributed by atoms with E-state index in [4.69, 9.17) is 0 Å². The van der Waals surface area contributed by atoms with Crippen LogP contribution in [-0.2, 0) is 4.79 Å². The monoisotopic (exact) mass is 270 g/mol. The highest BCUT2D eigenvalue weighted by Crippen LogP contribution is 2.21. The number of carbonyl (C=O) groups is 1. The summed E-state index contributed by atoms with van der Waals surface area (Å²) < 4.78 is 0. The number of para-hydroxylation sites is 1. The van der Waals surface area contributed by atoms with Gasteiger partial charge in [0.05, 0.1) is 0 Å². The van der Waals surface area contributed by atoms with E-state index in [1.54, 1.807) is 0 Å². The smallest absolute Gasteiger partial charge is 0.163 e. The largest absolute Gasteiger partial charge is 0.377 e. The van der Waals surface area contributed by atoms with E-state index in [1.165, 1.54) is 24.9 Å². The van der Waals surface area contributed by atoms with Crippen LogP contribution in [0.5, 0.6) is 0 Å². The molecular formula is C17H22N2O. The van der Waals surface area contributed by atoms with Crippen molar-refractivity contribution in [3.05, 3.63) is 42.1 Å². The number of ketones is 1. The second kappa shape index (κ2) is 6.12. The van der Waals surface area contributed by atoms with E-state index >= 15 is 0 Å². The molecule has 0 aliphatic carbocycles. The van der Waals surface area contributed by atoms with Crippen LogP contribution in [0, 0.1) is 0 Å². The number of likely N-dealkylation sites (tertiary alicyclic amines) is 1. The van der Waals surface area contributed by atoms with Crippen molar-refractivity contribution in [2.45, 2.75) is 25.7 Å². The third kappa shape index (κ3) is 3.03. The number of rotatable bonds is 2. The molecular weight excluding hydrogens is 248 g/mol. The van der Waals surface area contributed by atoms with E-state index in [2.05, 4.69) is 40.3 Å². The maximum Gasteiger partial charge on any atom is 0.163 e. The molecule has 1 aromatic rings. The minimum atomic E-state index is 0.322. The minimum Gasteiger partial charge on any atom is -0.377 e. The van der Waals surface area contributed by atoms with Crippen LogP contribution >= 0.6 is 0 Å². The molecule has 0 saturated carbocycles. The highest BCUT2D eigenvalue weighted by molar-refractivity contribution is 5.97. The lowest BCUT2D eigenvalue weighted by molar-refractivity contribution is -0.116. The van der Waals surface area contributed by atoms with Crippen molar-refractivity contribution in [2.24, 2.45) is 0 Å². The SMILES string of the molecule is O=C1CCN(c2ccccc2)C/C1=C/N1CCCCC1. The first-order chi connectivity index (χ1) is 9.83. The zero-order valence-electron chi connectivity index (χ0n) is 11.9. The fraction of sp³-hybridized carbons (Fsp3) is 0.471. The van der Waals surface area contributed by atoms with E-state index in [0.717, 1.165) is 31.8 Å². The molecule has 2 fully saturated rings. The zero-order valence-corrected chi connectivity index (χ0v) is 11.9. The Morgan fingerprint density at radius 1 is 0.950 bits per heavy atom. The Morgan fingerprint density at radius 3 is 2.45 bits per heavy atom. The summed E-state index contributed by atoms with van der Waals surface area (Å²) in [5.41, 5.74) is 2.19. The Hall–Kier alpha value is -1.77. The molecule has 2 aliphatic heterocycles. The number of anilines is 1. The van der Waals surface area contributed by atoms with Crippen LogP contribution in [0.15, 0.2) is 42.1 Å². The van der Waals surface area contributed by atoms with Crippen LogP contribution in [0.2, 0.25) is 0 Å². The van der Waals surface area contributed by atoms with Crippen LogP contribution in [0.1, 0.15) is 25.7 Å². The second-order valence-electron chi connectivity index (χ2n) is 5.68. The quantitative estimate of drug-likeness (QED) is 0.772. The average Bonchev–Trinajstić information content (AvgIpc) is 2.51. The van der Waals surface area contributed by atoms with Crippen molar-refractivity contribution in [2.75, 3.05) is 31.1 Å². The predicted octanol–water partition coefficient (Wildman–Crippen LogP) is 2.84. The Bertz CT molecular complexity index is 489. The summed E-state index contributed by atoms with van der Waals surface area (Å²) in [5.74, 6) is 0.322. The third-order valence-electron chi connectivity index (χ3n) is 4.18. The highest BCUT2D eigenvalue weighted by Gasteiger charge is 2.22. The van der Waals surface area contributed by atoms with E-state index in [-0.39, 0.29) is 0 Å². The fourth-order valence-electron chi connectivity index (χ4n) is 3.01. The van der Waals surface area contributed by atoms with Crippen LogP contribution in [0.4, 0.5) is 5.69 Å². The maximum absolute atomic E-state index is 12.1. The van der Waals surface area contributed by atoms with Crippen molar-refractivity contribution in [3.63, 3.8) is 0 Å². The summed E-state index contributed by atoms with van der Waals surface area (Å²) in [7, 11) is 0. The highest BCUT2D eigenvalue weighted by atomic mass is 16.1. The van der Waals surface area contributed by atoms with Crippen molar-refractivity contribution < 1.29 is 4.79 Å². The molecule has 2 heterocycles. The van der Waals surface area contributed by atoms with Gasteiger partial charge in [0.2, 0.25) is 0 Å². The number of hydrogen-bond acceptors (Lipinski definition) is 3. The number of carbonyl (C=O) groups excluding carboxylic acids is 1. The fourth-order valence-corrected chi connectivity index (χ4v) is 3.01. The summed E-state index contributed by atoms with van der Waals surface area (Å²) >= 11 is 0. The molecule has 106 valence electrons. The van der Waals surface area contributed by atoms with Crippen molar-refractivity contribution in [3.8, 4) is 0 Å². The molecule has 0 aromatic heterocycles. The molecule has 0 amide bonds. The first kappa shape index (κ1) is 13.2. The van der Waals surface area contributed by atoms with Gasteiger partial charge < -0.3 is 9.80 Å².